The minimum absolute atomic E-state index is 0.134. The van der Waals surface area contributed by atoms with E-state index in [2.05, 4.69) is 10.2 Å². The molecule has 2 aliphatic rings. The molecule has 0 spiro atoms. The number of amides is 1. The van der Waals surface area contributed by atoms with E-state index >= 15 is 0 Å². The van der Waals surface area contributed by atoms with E-state index in [1.807, 2.05) is 4.90 Å². The highest BCUT2D eigenvalue weighted by Crippen LogP contribution is 2.31. The van der Waals surface area contributed by atoms with Gasteiger partial charge < -0.3 is 15.3 Å². The van der Waals surface area contributed by atoms with Crippen molar-refractivity contribution >= 4 is 11.9 Å². The number of carboxylic acids is 1. The average molecular weight is 269 g/mol. The maximum absolute atomic E-state index is 12.2. The molecule has 1 amide bonds. The number of hydrogen-bond donors (Lipinski definition) is 2. The van der Waals surface area contributed by atoms with Crippen LogP contribution in [-0.4, -0.2) is 72.6 Å². The molecule has 2 saturated heterocycles. The highest BCUT2D eigenvalue weighted by atomic mass is 16.4. The minimum Gasteiger partial charge on any atom is -0.481 e. The number of likely N-dealkylation sites (tertiary alicyclic amines) is 1. The molecule has 2 rings (SSSR count). The Labute approximate surface area is 113 Å². The Kier molecular flexibility index (Phi) is 4.42. The van der Waals surface area contributed by atoms with Gasteiger partial charge in [0.25, 0.3) is 0 Å². The summed E-state index contributed by atoms with van der Waals surface area (Å²) in [5.74, 6) is -0.615. The van der Waals surface area contributed by atoms with Gasteiger partial charge in [-0.15, -0.1) is 0 Å². The molecule has 2 N–H and O–H groups in total. The van der Waals surface area contributed by atoms with Crippen LogP contribution in [0.15, 0.2) is 0 Å². The zero-order chi connectivity index (χ0) is 13.9. The van der Waals surface area contributed by atoms with Crippen molar-refractivity contribution < 1.29 is 14.7 Å². The maximum Gasteiger partial charge on any atom is 0.309 e. The maximum atomic E-state index is 12.2. The second kappa shape index (κ2) is 5.88. The van der Waals surface area contributed by atoms with Gasteiger partial charge in [0.15, 0.2) is 0 Å². The van der Waals surface area contributed by atoms with Crippen molar-refractivity contribution in [1.82, 2.24) is 15.1 Å². The average Bonchev–Trinajstić information content (AvgIpc) is 2.40. The third-order valence-electron chi connectivity index (χ3n) is 4.30. The van der Waals surface area contributed by atoms with E-state index in [0.29, 0.717) is 32.5 Å². The van der Waals surface area contributed by atoms with E-state index in [4.69, 9.17) is 5.11 Å². The van der Waals surface area contributed by atoms with Gasteiger partial charge in [0.1, 0.15) is 0 Å². The van der Waals surface area contributed by atoms with Gasteiger partial charge in [0.05, 0.1) is 12.0 Å². The van der Waals surface area contributed by atoms with Crippen molar-refractivity contribution in [3.05, 3.63) is 0 Å². The van der Waals surface area contributed by atoms with E-state index in [9.17, 15) is 9.59 Å². The molecule has 0 atom stereocenters. The summed E-state index contributed by atoms with van der Waals surface area (Å²) in [6.45, 7) is 7.05. The molecule has 0 unspecified atom stereocenters. The molecule has 108 valence electrons. The molecular formula is C13H23N3O3. The number of nitrogens with zero attached hydrogens (tertiary/aromatic N) is 2. The molecule has 2 fully saturated rings. The van der Waals surface area contributed by atoms with Gasteiger partial charge >= 0.3 is 5.97 Å². The lowest BCUT2D eigenvalue weighted by Crippen LogP contribution is -2.51. The van der Waals surface area contributed by atoms with Crippen LogP contribution in [0.4, 0.5) is 0 Å². The van der Waals surface area contributed by atoms with Crippen LogP contribution in [0, 0.1) is 5.41 Å². The first-order valence-corrected chi connectivity index (χ1v) is 6.95. The molecule has 0 aliphatic carbocycles. The Morgan fingerprint density at radius 3 is 2.26 bits per heavy atom. The summed E-state index contributed by atoms with van der Waals surface area (Å²) in [7, 11) is 0. The van der Waals surface area contributed by atoms with Crippen LogP contribution in [0.2, 0.25) is 0 Å². The number of carbonyl (C=O) groups is 2. The van der Waals surface area contributed by atoms with Gasteiger partial charge in [-0.05, 0) is 19.8 Å². The van der Waals surface area contributed by atoms with Crippen molar-refractivity contribution in [3.63, 3.8) is 0 Å². The fourth-order valence-corrected chi connectivity index (χ4v) is 2.62. The van der Waals surface area contributed by atoms with E-state index in [0.717, 1.165) is 26.2 Å². The van der Waals surface area contributed by atoms with E-state index in [1.165, 1.54) is 0 Å². The standard InChI is InChI=1S/C13H23N3O3/c1-13(12(18)19)2-6-16(7-3-13)11(17)10-15-8-4-14-5-9-15/h14H,2-10H2,1H3,(H,18,19). The van der Waals surface area contributed by atoms with Gasteiger partial charge in [-0.1, -0.05) is 0 Å². The number of hydrogen-bond acceptors (Lipinski definition) is 4. The summed E-state index contributed by atoms with van der Waals surface area (Å²) < 4.78 is 0. The molecule has 0 aromatic carbocycles. The van der Waals surface area contributed by atoms with Crippen LogP contribution in [0.3, 0.4) is 0 Å². The number of carbonyl (C=O) groups excluding carboxylic acids is 1. The highest BCUT2D eigenvalue weighted by molar-refractivity contribution is 5.79. The van der Waals surface area contributed by atoms with Gasteiger partial charge in [0.2, 0.25) is 5.91 Å². The molecule has 0 aromatic heterocycles. The Balaban J connectivity index is 1.80. The van der Waals surface area contributed by atoms with Crippen molar-refractivity contribution in [3.8, 4) is 0 Å². The SMILES string of the molecule is CC1(C(=O)O)CCN(C(=O)CN2CCNCC2)CC1. The molecule has 6 nitrogen and oxygen atoms in total. The summed E-state index contributed by atoms with van der Waals surface area (Å²) in [5.41, 5.74) is -0.661. The molecule has 2 heterocycles. The van der Waals surface area contributed by atoms with E-state index in [1.54, 1.807) is 6.92 Å². The molecule has 0 radical (unpaired) electrons. The number of aliphatic carboxylic acids is 1. The van der Waals surface area contributed by atoms with Gasteiger partial charge in [-0.25, -0.2) is 0 Å². The Hall–Kier alpha value is -1.14. The molecule has 0 bridgehead atoms. The third kappa shape index (κ3) is 3.45. The fraction of sp³-hybridized carbons (Fsp3) is 0.846. The first-order chi connectivity index (χ1) is 9.01. The number of piperazine rings is 1. The second-order valence-electron chi connectivity index (χ2n) is 5.77. The van der Waals surface area contributed by atoms with Crippen molar-refractivity contribution in [1.29, 1.82) is 0 Å². The lowest BCUT2D eigenvalue weighted by Gasteiger charge is -2.37. The number of carboxylic acid groups (broad SMARTS) is 1. The third-order valence-corrected chi connectivity index (χ3v) is 4.30. The molecule has 0 aromatic rings. The highest BCUT2D eigenvalue weighted by Gasteiger charge is 2.38. The molecule has 6 heteroatoms. The largest absolute Gasteiger partial charge is 0.481 e. The summed E-state index contributed by atoms with van der Waals surface area (Å²) >= 11 is 0. The first-order valence-electron chi connectivity index (χ1n) is 6.95. The quantitative estimate of drug-likeness (QED) is 0.730. The topological polar surface area (TPSA) is 72.9 Å². The Morgan fingerprint density at radius 1 is 1.16 bits per heavy atom. The fourth-order valence-electron chi connectivity index (χ4n) is 2.62. The Bertz CT molecular complexity index is 345. The lowest BCUT2D eigenvalue weighted by atomic mass is 9.80. The first kappa shape index (κ1) is 14.3. The normalized spacial score (nSPS) is 24.2. The number of nitrogens with one attached hydrogen (secondary N) is 1. The van der Waals surface area contributed by atoms with Crippen LogP contribution in [0.25, 0.3) is 0 Å². The monoisotopic (exact) mass is 269 g/mol. The smallest absolute Gasteiger partial charge is 0.309 e. The molecular weight excluding hydrogens is 246 g/mol. The van der Waals surface area contributed by atoms with E-state index < -0.39 is 11.4 Å². The zero-order valence-electron chi connectivity index (χ0n) is 11.5. The van der Waals surface area contributed by atoms with Crippen molar-refractivity contribution in [2.45, 2.75) is 19.8 Å². The van der Waals surface area contributed by atoms with Gasteiger partial charge in [-0.2, -0.15) is 0 Å². The number of rotatable bonds is 3. The Morgan fingerprint density at radius 2 is 1.74 bits per heavy atom. The van der Waals surface area contributed by atoms with E-state index in [-0.39, 0.29) is 5.91 Å². The summed E-state index contributed by atoms with van der Waals surface area (Å²) in [5, 5.41) is 12.4. The van der Waals surface area contributed by atoms with Crippen LogP contribution < -0.4 is 5.32 Å². The summed E-state index contributed by atoms with van der Waals surface area (Å²) in [6.07, 6.45) is 1.10. The summed E-state index contributed by atoms with van der Waals surface area (Å²) in [4.78, 5) is 27.3. The van der Waals surface area contributed by atoms with Crippen molar-refractivity contribution in [2.75, 3.05) is 45.8 Å². The lowest BCUT2D eigenvalue weighted by molar-refractivity contribution is -0.153. The van der Waals surface area contributed by atoms with Gasteiger partial charge in [0, 0.05) is 39.3 Å². The summed E-state index contributed by atoms with van der Waals surface area (Å²) in [6, 6.07) is 0. The molecule has 19 heavy (non-hydrogen) atoms. The minimum atomic E-state index is -0.748. The zero-order valence-corrected chi connectivity index (χ0v) is 11.5. The molecule has 0 saturated carbocycles. The van der Waals surface area contributed by atoms with Crippen LogP contribution in [0.1, 0.15) is 19.8 Å². The van der Waals surface area contributed by atoms with Crippen LogP contribution >= 0.6 is 0 Å². The van der Waals surface area contributed by atoms with Crippen molar-refractivity contribution in [2.24, 2.45) is 5.41 Å². The number of piperidine rings is 1. The second-order valence-corrected chi connectivity index (χ2v) is 5.77. The van der Waals surface area contributed by atoms with Gasteiger partial charge in [-0.3, -0.25) is 14.5 Å². The molecule has 2 aliphatic heterocycles. The predicted octanol–water partition coefficient (Wildman–Crippen LogP) is -0.395. The van der Waals surface area contributed by atoms with Crippen LogP contribution in [0.5, 0.6) is 0 Å². The predicted molar refractivity (Wildman–Crippen MR) is 70.9 cm³/mol. The van der Waals surface area contributed by atoms with Crippen LogP contribution in [-0.2, 0) is 9.59 Å².